The summed E-state index contributed by atoms with van der Waals surface area (Å²) >= 11 is -0.151. The molecule has 8 heteroatoms. The summed E-state index contributed by atoms with van der Waals surface area (Å²) < 4.78 is 36.7. The molecule has 21 heavy (non-hydrogen) atoms. The zero-order valence-electron chi connectivity index (χ0n) is 11.9. The number of alkyl halides is 3. The normalized spacial score (nSPS) is 27.2. The van der Waals surface area contributed by atoms with Crippen molar-refractivity contribution in [3.8, 4) is 0 Å². The van der Waals surface area contributed by atoms with Crippen LogP contribution in [-0.2, 0) is 9.59 Å². The van der Waals surface area contributed by atoms with Crippen LogP contribution in [0.2, 0.25) is 0 Å². The van der Waals surface area contributed by atoms with Crippen LogP contribution in [0.1, 0.15) is 26.7 Å². The Morgan fingerprint density at radius 1 is 1.33 bits per heavy atom. The zero-order chi connectivity index (χ0) is 15.8. The van der Waals surface area contributed by atoms with Crippen molar-refractivity contribution in [1.29, 1.82) is 0 Å². The largest absolute Gasteiger partial charge is 0.441 e. The molecule has 2 rings (SSSR count). The Balaban J connectivity index is 2.07. The van der Waals surface area contributed by atoms with Gasteiger partial charge in [-0.25, -0.2) is 0 Å². The van der Waals surface area contributed by atoms with Gasteiger partial charge in [-0.05, 0) is 36.4 Å². The van der Waals surface area contributed by atoms with Crippen LogP contribution in [-0.4, -0.2) is 46.6 Å². The lowest BCUT2D eigenvalue weighted by Crippen LogP contribution is -2.65. The summed E-state index contributed by atoms with van der Waals surface area (Å²) in [5, 5.41) is 2.71. The molecule has 0 aromatic rings. The summed E-state index contributed by atoms with van der Waals surface area (Å²) in [5.41, 5.74) is -4.31. The van der Waals surface area contributed by atoms with E-state index in [1.165, 1.54) is 4.90 Å². The molecule has 4 nitrogen and oxygen atoms in total. The molecule has 2 aliphatic rings. The maximum atomic E-state index is 12.4. The van der Waals surface area contributed by atoms with E-state index in [1.54, 1.807) is 0 Å². The highest BCUT2D eigenvalue weighted by atomic mass is 32.2. The molecular formula is C13H19F3N2O2S. The zero-order valence-corrected chi connectivity index (χ0v) is 12.8. The average Bonchev–Trinajstić information content (AvgIpc) is 3.15. The Hall–Kier alpha value is -0.920. The van der Waals surface area contributed by atoms with Crippen molar-refractivity contribution >= 4 is 23.6 Å². The number of rotatable bonds is 5. The van der Waals surface area contributed by atoms with Crippen LogP contribution < -0.4 is 5.32 Å². The standard InChI is InChI=1S/C13H19F3N2O2S/c1-7(2)9-12(20)18(5-6-21-13(14,15)16)10(8-3-4-8)11(19)17-9/h7-10H,3-6H2,1-2H3,(H,17,19). The number of halogens is 3. The fourth-order valence-electron chi connectivity index (χ4n) is 2.60. The van der Waals surface area contributed by atoms with Gasteiger partial charge in [0.15, 0.2) is 0 Å². The van der Waals surface area contributed by atoms with Crippen molar-refractivity contribution < 1.29 is 22.8 Å². The summed E-state index contributed by atoms with van der Waals surface area (Å²) in [7, 11) is 0. The van der Waals surface area contributed by atoms with Gasteiger partial charge in [0.2, 0.25) is 11.8 Å². The van der Waals surface area contributed by atoms with E-state index in [9.17, 15) is 22.8 Å². The summed E-state index contributed by atoms with van der Waals surface area (Å²) in [6.45, 7) is 3.58. The van der Waals surface area contributed by atoms with Gasteiger partial charge in [-0.2, -0.15) is 13.2 Å². The van der Waals surface area contributed by atoms with Crippen LogP contribution in [0.25, 0.3) is 0 Å². The van der Waals surface area contributed by atoms with Crippen LogP contribution in [0.5, 0.6) is 0 Å². The molecule has 0 aromatic carbocycles. The Labute approximate surface area is 125 Å². The minimum Gasteiger partial charge on any atom is -0.342 e. The van der Waals surface area contributed by atoms with Gasteiger partial charge in [-0.15, -0.1) is 0 Å². The maximum absolute atomic E-state index is 12.4. The molecule has 120 valence electrons. The molecule has 0 bridgehead atoms. The maximum Gasteiger partial charge on any atom is 0.441 e. The van der Waals surface area contributed by atoms with E-state index in [1.807, 2.05) is 13.8 Å². The molecular weight excluding hydrogens is 305 g/mol. The molecule has 2 fully saturated rings. The molecule has 0 radical (unpaired) electrons. The fraction of sp³-hybridized carbons (Fsp3) is 0.846. The quantitative estimate of drug-likeness (QED) is 0.841. The number of nitrogens with zero attached hydrogens (tertiary/aromatic N) is 1. The molecule has 1 saturated heterocycles. The predicted molar refractivity (Wildman–Crippen MR) is 73.5 cm³/mol. The first-order chi connectivity index (χ1) is 9.70. The SMILES string of the molecule is CC(C)C1NC(=O)C(C2CC2)N(CCSC(F)(F)F)C1=O. The number of thioether (sulfide) groups is 1. The van der Waals surface area contributed by atoms with E-state index in [4.69, 9.17) is 0 Å². The molecule has 1 heterocycles. The second-order valence-corrected chi connectivity index (χ2v) is 7.00. The van der Waals surface area contributed by atoms with Gasteiger partial charge in [-0.1, -0.05) is 13.8 Å². The summed E-state index contributed by atoms with van der Waals surface area (Å²) in [6, 6.07) is -1.23. The highest BCUT2D eigenvalue weighted by molar-refractivity contribution is 8.00. The van der Waals surface area contributed by atoms with Crippen molar-refractivity contribution in [2.24, 2.45) is 11.8 Å². The van der Waals surface area contributed by atoms with E-state index >= 15 is 0 Å². The monoisotopic (exact) mass is 324 g/mol. The Morgan fingerprint density at radius 2 is 1.95 bits per heavy atom. The smallest absolute Gasteiger partial charge is 0.342 e. The third-order valence-electron chi connectivity index (χ3n) is 3.78. The topological polar surface area (TPSA) is 49.4 Å². The predicted octanol–water partition coefficient (Wildman–Crippen LogP) is 2.00. The van der Waals surface area contributed by atoms with Crippen LogP contribution in [0.3, 0.4) is 0 Å². The number of amides is 2. The molecule has 1 aliphatic heterocycles. The number of hydrogen-bond acceptors (Lipinski definition) is 3. The summed E-state index contributed by atoms with van der Waals surface area (Å²) in [5.74, 6) is -0.717. The van der Waals surface area contributed by atoms with E-state index in [0.29, 0.717) is 0 Å². The summed E-state index contributed by atoms with van der Waals surface area (Å²) in [6.07, 6.45) is 1.70. The number of piperazine rings is 1. The van der Waals surface area contributed by atoms with Gasteiger partial charge in [0.05, 0.1) is 0 Å². The molecule has 0 spiro atoms. The molecule has 1 N–H and O–H groups in total. The Morgan fingerprint density at radius 3 is 2.43 bits per heavy atom. The fourth-order valence-corrected chi connectivity index (χ4v) is 3.12. The van der Waals surface area contributed by atoms with E-state index < -0.39 is 17.6 Å². The van der Waals surface area contributed by atoms with Crippen molar-refractivity contribution in [1.82, 2.24) is 10.2 Å². The van der Waals surface area contributed by atoms with Gasteiger partial charge < -0.3 is 10.2 Å². The summed E-state index contributed by atoms with van der Waals surface area (Å²) in [4.78, 5) is 26.0. The lowest BCUT2D eigenvalue weighted by Gasteiger charge is -2.40. The van der Waals surface area contributed by atoms with E-state index in [2.05, 4.69) is 5.32 Å². The lowest BCUT2D eigenvalue weighted by molar-refractivity contribution is -0.151. The molecule has 2 unspecified atom stereocenters. The number of nitrogens with one attached hydrogen (secondary N) is 1. The van der Waals surface area contributed by atoms with Crippen molar-refractivity contribution in [3.63, 3.8) is 0 Å². The second-order valence-electron chi connectivity index (χ2n) is 5.84. The molecule has 0 aromatic heterocycles. The lowest BCUT2D eigenvalue weighted by atomic mass is 9.96. The Kier molecular flexibility index (Phi) is 4.75. The molecule has 1 aliphatic carbocycles. The van der Waals surface area contributed by atoms with Crippen molar-refractivity contribution in [2.45, 2.75) is 44.3 Å². The first-order valence-corrected chi connectivity index (χ1v) is 8.01. The number of carbonyl (C=O) groups excluding carboxylic acids is 2. The molecule has 2 atom stereocenters. The number of carbonyl (C=O) groups is 2. The van der Waals surface area contributed by atoms with Gasteiger partial charge in [-0.3, -0.25) is 9.59 Å². The Bertz CT molecular complexity index is 424. The van der Waals surface area contributed by atoms with Gasteiger partial charge in [0, 0.05) is 12.3 Å². The van der Waals surface area contributed by atoms with Crippen LogP contribution in [0.4, 0.5) is 13.2 Å². The highest BCUT2D eigenvalue weighted by Crippen LogP contribution is 2.38. The highest BCUT2D eigenvalue weighted by Gasteiger charge is 2.48. The minimum absolute atomic E-state index is 0.0409. The van der Waals surface area contributed by atoms with Crippen molar-refractivity contribution in [3.05, 3.63) is 0 Å². The van der Waals surface area contributed by atoms with E-state index in [-0.39, 0.29) is 47.7 Å². The number of hydrogen-bond donors (Lipinski definition) is 1. The average molecular weight is 324 g/mol. The van der Waals surface area contributed by atoms with Crippen LogP contribution in [0.15, 0.2) is 0 Å². The van der Waals surface area contributed by atoms with Gasteiger partial charge in [0.25, 0.3) is 0 Å². The van der Waals surface area contributed by atoms with Crippen molar-refractivity contribution in [2.75, 3.05) is 12.3 Å². The minimum atomic E-state index is -4.31. The molecule has 1 saturated carbocycles. The van der Waals surface area contributed by atoms with E-state index in [0.717, 1.165) is 12.8 Å². The van der Waals surface area contributed by atoms with Crippen LogP contribution >= 0.6 is 11.8 Å². The first-order valence-electron chi connectivity index (χ1n) is 7.02. The third-order valence-corrected chi connectivity index (χ3v) is 4.50. The second kappa shape index (κ2) is 6.06. The van der Waals surface area contributed by atoms with Gasteiger partial charge >= 0.3 is 5.51 Å². The van der Waals surface area contributed by atoms with Gasteiger partial charge in [0.1, 0.15) is 12.1 Å². The van der Waals surface area contributed by atoms with Crippen LogP contribution in [0, 0.1) is 11.8 Å². The first kappa shape index (κ1) is 16.5. The third kappa shape index (κ3) is 4.05. The molecule has 2 amide bonds.